The van der Waals surface area contributed by atoms with Gasteiger partial charge in [0.25, 0.3) is 0 Å². The summed E-state index contributed by atoms with van der Waals surface area (Å²) in [7, 11) is 0. The molecule has 0 spiro atoms. The summed E-state index contributed by atoms with van der Waals surface area (Å²) in [5, 5.41) is 8.87. The quantitative estimate of drug-likeness (QED) is 0.854. The zero-order valence-corrected chi connectivity index (χ0v) is 13.3. The molecule has 0 radical (unpaired) electrons. The van der Waals surface area contributed by atoms with Crippen molar-refractivity contribution in [2.24, 2.45) is 5.10 Å². The molecule has 0 atom stereocenters. The number of quaternary nitrogens is 1. The molecule has 1 fully saturated rings. The van der Waals surface area contributed by atoms with Crippen LogP contribution in [-0.2, 0) is 6.54 Å². The smallest absolute Gasteiger partial charge is 0.103 e. The molecule has 0 aliphatic carbocycles. The molecule has 3 rings (SSSR count). The topological polar surface area (TPSA) is 20.0 Å². The van der Waals surface area contributed by atoms with Crippen molar-refractivity contribution < 1.29 is 4.90 Å². The zero-order valence-electron chi connectivity index (χ0n) is 12.5. The first-order chi connectivity index (χ1) is 10.3. The van der Waals surface area contributed by atoms with Gasteiger partial charge in [0.2, 0.25) is 0 Å². The lowest BCUT2D eigenvalue weighted by Gasteiger charge is -2.30. The molecule has 110 valence electrons. The summed E-state index contributed by atoms with van der Waals surface area (Å²) in [5.41, 5.74) is 2.77. The van der Waals surface area contributed by atoms with Gasteiger partial charge in [0.1, 0.15) is 6.54 Å². The van der Waals surface area contributed by atoms with E-state index in [4.69, 9.17) is 0 Å². The van der Waals surface area contributed by atoms with E-state index in [2.05, 4.69) is 58.8 Å². The molecule has 1 aromatic heterocycles. The van der Waals surface area contributed by atoms with E-state index in [1.54, 1.807) is 16.2 Å². The Bertz CT molecular complexity index is 567. The Morgan fingerprint density at radius 3 is 2.62 bits per heavy atom. The largest absolute Gasteiger partial charge is 0.328 e. The summed E-state index contributed by atoms with van der Waals surface area (Å²) >= 11 is 1.73. The van der Waals surface area contributed by atoms with E-state index < -0.39 is 0 Å². The van der Waals surface area contributed by atoms with Crippen LogP contribution in [-0.4, -0.2) is 37.4 Å². The maximum atomic E-state index is 4.58. The van der Waals surface area contributed by atoms with Crippen LogP contribution in [0.2, 0.25) is 0 Å². The number of hydrogen-bond acceptors (Lipinski definition) is 3. The molecule has 1 aliphatic rings. The van der Waals surface area contributed by atoms with Crippen molar-refractivity contribution in [2.45, 2.75) is 13.5 Å². The Labute approximate surface area is 130 Å². The maximum absolute atomic E-state index is 4.58. The van der Waals surface area contributed by atoms with E-state index in [0.29, 0.717) is 0 Å². The van der Waals surface area contributed by atoms with Gasteiger partial charge in [-0.15, -0.1) is 11.3 Å². The third-order valence-corrected chi connectivity index (χ3v) is 4.72. The van der Waals surface area contributed by atoms with Crippen molar-refractivity contribution in [3.63, 3.8) is 0 Å². The van der Waals surface area contributed by atoms with Gasteiger partial charge >= 0.3 is 0 Å². The molecular formula is C17H22N3S+. The molecule has 3 nitrogen and oxygen atoms in total. The molecule has 0 bridgehead atoms. The van der Waals surface area contributed by atoms with E-state index in [9.17, 15) is 0 Å². The van der Waals surface area contributed by atoms with Gasteiger partial charge in [0.15, 0.2) is 0 Å². The Kier molecular flexibility index (Phi) is 4.68. The van der Waals surface area contributed by atoms with E-state index in [0.717, 1.165) is 32.7 Å². The lowest BCUT2D eigenvalue weighted by molar-refractivity contribution is -0.918. The highest BCUT2D eigenvalue weighted by molar-refractivity contribution is 7.11. The first-order valence-electron chi connectivity index (χ1n) is 7.51. The normalized spacial score (nSPS) is 16.7. The Balaban J connectivity index is 1.47. The monoisotopic (exact) mass is 300 g/mol. The van der Waals surface area contributed by atoms with Crippen LogP contribution >= 0.6 is 11.3 Å². The van der Waals surface area contributed by atoms with Crippen LogP contribution in [0, 0.1) is 6.92 Å². The van der Waals surface area contributed by atoms with Crippen molar-refractivity contribution in [1.29, 1.82) is 0 Å². The van der Waals surface area contributed by atoms with Crippen LogP contribution in [0.1, 0.15) is 16.0 Å². The summed E-state index contributed by atoms with van der Waals surface area (Å²) in [5.74, 6) is 0. The molecule has 4 heteroatoms. The fraction of sp³-hybridized carbons (Fsp3) is 0.353. The zero-order chi connectivity index (χ0) is 14.5. The summed E-state index contributed by atoms with van der Waals surface area (Å²) in [6, 6.07) is 13.1. The summed E-state index contributed by atoms with van der Waals surface area (Å²) in [4.78, 5) is 2.88. The highest BCUT2D eigenvalue weighted by atomic mass is 32.1. The molecule has 1 aliphatic heterocycles. The third kappa shape index (κ3) is 4.16. The average molecular weight is 300 g/mol. The molecule has 21 heavy (non-hydrogen) atoms. The molecule has 0 saturated carbocycles. The van der Waals surface area contributed by atoms with Gasteiger partial charge in [-0.1, -0.05) is 35.9 Å². The summed E-state index contributed by atoms with van der Waals surface area (Å²) in [6.45, 7) is 7.68. The molecule has 1 aromatic carbocycles. The van der Waals surface area contributed by atoms with Gasteiger partial charge < -0.3 is 4.90 Å². The van der Waals surface area contributed by atoms with E-state index in [-0.39, 0.29) is 0 Å². The van der Waals surface area contributed by atoms with E-state index in [1.165, 1.54) is 16.0 Å². The number of nitrogens with one attached hydrogen (secondary N) is 1. The molecule has 2 heterocycles. The van der Waals surface area contributed by atoms with E-state index in [1.807, 2.05) is 6.21 Å². The van der Waals surface area contributed by atoms with Crippen LogP contribution in [0.3, 0.4) is 0 Å². The van der Waals surface area contributed by atoms with Crippen molar-refractivity contribution in [3.8, 4) is 0 Å². The van der Waals surface area contributed by atoms with Gasteiger partial charge in [0.05, 0.1) is 32.4 Å². The van der Waals surface area contributed by atoms with Gasteiger partial charge in [0, 0.05) is 10.4 Å². The van der Waals surface area contributed by atoms with E-state index >= 15 is 0 Å². The number of hydrazone groups is 1. The Hall–Kier alpha value is -1.65. The third-order valence-electron chi connectivity index (χ3n) is 3.91. The molecule has 0 amide bonds. The molecule has 1 saturated heterocycles. The van der Waals surface area contributed by atoms with Crippen molar-refractivity contribution in [2.75, 3.05) is 26.2 Å². The number of thiophene rings is 1. The number of nitrogens with zero attached hydrogens (tertiary/aromatic N) is 2. The lowest BCUT2D eigenvalue weighted by Crippen LogP contribution is -3.13. The predicted molar refractivity (Wildman–Crippen MR) is 89.1 cm³/mol. The maximum Gasteiger partial charge on any atom is 0.103 e. The molecular weight excluding hydrogens is 278 g/mol. The van der Waals surface area contributed by atoms with Gasteiger partial charge in [-0.3, -0.25) is 5.01 Å². The van der Waals surface area contributed by atoms with Crippen LogP contribution in [0.15, 0.2) is 46.9 Å². The van der Waals surface area contributed by atoms with Crippen LogP contribution < -0.4 is 4.90 Å². The lowest BCUT2D eigenvalue weighted by atomic mass is 10.1. The number of benzene rings is 1. The fourth-order valence-corrected chi connectivity index (χ4v) is 3.18. The summed E-state index contributed by atoms with van der Waals surface area (Å²) in [6.07, 6.45) is 1.98. The highest BCUT2D eigenvalue weighted by Crippen LogP contribution is 2.05. The minimum absolute atomic E-state index is 1.04. The van der Waals surface area contributed by atoms with Crippen molar-refractivity contribution >= 4 is 17.6 Å². The van der Waals surface area contributed by atoms with Crippen LogP contribution in [0.25, 0.3) is 0 Å². The van der Waals surface area contributed by atoms with Gasteiger partial charge in [-0.05, 0) is 18.4 Å². The highest BCUT2D eigenvalue weighted by Gasteiger charge is 2.18. The minimum atomic E-state index is 1.04. The molecule has 1 N–H and O–H groups in total. The first kappa shape index (κ1) is 14.3. The standard InChI is InChI=1S/C17H21N3S/c1-15-4-6-16(7-5-15)14-19-8-10-20(11-9-19)18-13-17-3-2-12-21-17/h2-7,12-13H,8-11,14H2,1H3/p+1/b18-13+. The Morgan fingerprint density at radius 1 is 1.19 bits per heavy atom. The van der Waals surface area contributed by atoms with Crippen LogP contribution in [0.5, 0.6) is 0 Å². The fourth-order valence-electron chi connectivity index (χ4n) is 2.60. The van der Waals surface area contributed by atoms with Crippen molar-refractivity contribution in [1.82, 2.24) is 5.01 Å². The van der Waals surface area contributed by atoms with Gasteiger partial charge in [-0.2, -0.15) is 5.10 Å². The second kappa shape index (κ2) is 6.87. The Morgan fingerprint density at radius 2 is 1.95 bits per heavy atom. The second-order valence-electron chi connectivity index (χ2n) is 5.63. The molecule has 2 aromatic rings. The van der Waals surface area contributed by atoms with Gasteiger partial charge in [-0.25, -0.2) is 0 Å². The summed E-state index contributed by atoms with van der Waals surface area (Å²) < 4.78 is 0. The predicted octanol–water partition coefficient (Wildman–Crippen LogP) is 1.79. The average Bonchev–Trinajstić information content (AvgIpc) is 3.02. The number of hydrogen-bond donors (Lipinski definition) is 1. The van der Waals surface area contributed by atoms with Crippen LogP contribution in [0.4, 0.5) is 0 Å². The second-order valence-corrected chi connectivity index (χ2v) is 6.61. The SMILES string of the molecule is Cc1ccc(C[NH+]2CCN(/N=C/c3cccs3)CC2)cc1. The first-order valence-corrected chi connectivity index (χ1v) is 8.39. The minimum Gasteiger partial charge on any atom is -0.328 e. The number of aryl methyl sites for hydroxylation is 1. The molecule has 0 unspecified atom stereocenters. The number of rotatable bonds is 4. The number of piperazine rings is 1. The van der Waals surface area contributed by atoms with Crippen molar-refractivity contribution in [3.05, 3.63) is 57.8 Å².